The lowest BCUT2D eigenvalue weighted by atomic mass is 10.1. The van der Waals surface area contributed by atoms with E-state index >= 15 is 0 Å². The molecule has 2 rings (SSSR count). The Kier molecular flexibility index (Phi) is 24.5. The Hall–Kier alpha value is -1.78. The first-order chi connectivity index (χ1) is 20.4. The van der Waals surface area contributed by atoms with Gasteiger partial charge in [0.1, 0.15) is 6.10 Å². The third-order valence-corrected chi connectivity index (χ3v) is 7.85. The summed E-state index contributed by atoms with van der Waals surface area (Å²) in [6.07, 6.45) is 28.1. The molecule has 1 aliphatic heterocycles. The van der Waals surface area contributed by atoms with Crippen LogP contribution in [0.25, 0.3) is 0 Å². The van der Waals surface area contributed by atoms with E-state index in [1.165, 1.54) is 121 Å². The van der Waals surface area contributed by atoms with Crippen molar-refractivity contribution in [3.8, 4) is 23.7 Å². The van der Waals surface area contributed by atoms with Crippen LogP contribution in [0.3, 0.4) is 0 Å². The summed E-state index contributed by atoms with van der Waals surface area (Å²) in [6.45, 7) is 3.48. The molecule has 1 heterocycles. The van der Waals surface area contributed by atoms with Crippen molar-refractivity contribution in [3.05, 3.63) is 35.9 Å². The predicted octanol–water partition coefficient (Wildman–Crippen LogP) is 10.2. The first-order valence-electron chi connectivity index (χ1n) is 17.2. The van der Waals surface area contributed by atoms with Gasteiger partial charge in [0.05, 0.1) is 19.8 Å². The highest BCUT2D eigenvalue weighted by molar-refractivity contribution is 5.25. The minimum Gasteiger partial charge on any atom is -0.379 e. The molecule has 41 heavy (non-hydrogen) atoms. The molecule has 0 spiro atoms. The van der Waals surface area contributed by atoms with E-state index in [0.717, 1.165) is 38.9 Å². The Bertz CT molecular complexity index is 813. The first-order valence-corrected chi connectivity index (χ1v) is 17.2. The van der Waals surface area contributed by atoms with Crippen LogP contribution in [0.2, 0.25) is 0 Å². The maximum absolute atomic E-state index is 6.22. The third-order valence-electron chi connectivity index (χ3n) is 7.85. The third kappa shape index (κ3) is 23.5. The van der Waals surface area contributed by atoms with Gasteiger partial charge in [0.15, 0.2) is 0 Å². The largest absolute Gasteiger partial charge is 0.379 e. The molecule has 0 amide bonds. The maximum atomic E-state index is 6.22. The molecule has 0 saturated heterocycles. The summed E-state index contributed by atoms with van der Waals surface area (Å²) in [5, 5.41) is 0. The second-order valence-corrected chi connectivity index (χ2v) is 11.7. The highest BCUT2D eigenvalue weighted by Gasteiger charge is 2.10. The molecule has 1 aromatic carbocycles. The summed E-state index contributed by atoms with van der Waals surface area (Å²) in [4.78, 5) is 0. The molecule has 230 valence electrons. The normalized spacial score (nSPS) is 21.5. The lowest BCUT2D eigenvalue weighted by molar-refractivity contribution is -0.0645. The van der Waals surface area contributed by atoms with E-state index in [4.69, 9.17) is 14.2 Å². The van der Waals surface area contributed by atoms with Crippen molar-refractivity contribution < 1.29 is 14.2 Å². The molecule has 0 aliphatic carbocycles. The second kappa shape index (κ2) is 28.3. The second-order valence-electron chi connectivity index (χ2n) is 11.7. The maximum Gasteiger partial charge on any atom is 0.104 e. The quantitative estimate of drug-likeness (QED) is 0.341. The van der Waals surface area contributed by atoms with Crippen LogP contribution >= 0.6 is 0 Å². The fraction of sp³-hybridized carbons (Fsp3) is 0.737. The molecule has 0 fully saturated rings. The molecule has 0 bridgehead atoms. The lowest BCUT2D eigenvalue weighted by Gasteiger charge is -2.18. The van der Waals surface area contributed by atoms with Crippen LogP contribution in [-0.4, -0.2) is 32.5 Å². The van der Waals surface area contributed by atoms with Gasteiger partial charge in [-0.05, 0) is 43.1 Å². The van der Waals surface area contributed by atoms with Gasteiger partial charge in [0.2, 0.25) is 0 Å². The average Bonchev–Trinajstić information content (AvgIpc) is 2.99. The van der Waals surface area contributed by atoms with E-state index in [2.05, 4.69) is 47.9 Å². The van der Waals surface area contributed by atoms with E-state index in [-0.39, 0.29) is 6.10 Å². The molecule has 3 nitrogen and oxygen atoms in total. The molecule has 0 aromatic heterocycles. The fourth-order valence-electron chi connectivity index (χ4n) is 5.27. The minimum atomic E-state index is 0.0192. The van der Waals surface area contributed by atoms with Crippen LogP contribution in [0.5, 0.6) is 0 Å². The molecule has 0 N–H and O–H groups in total. The van der Waals surface area contributed by atoms with Gasteiger partial charge in [-0.1, -0.05) is 145 Å². The fourth-order valence-corrected chi connectivity index (χ4v) is 5.27. The van der Waals surface area contributed by atoms with E-state index in [1.807, 2.05) is 6.07 Å². The van der Waals surface area contributed by atoms with Crippen LogP contribution in [0.1, 0.15) is 147 Å². The predicted molar refractivity (Wildman–Crippen MR) is 174 cm³/mol. The standard InChI is InChI=1S/C38H60O3/c1-2-4-6-8-10-12-14-16-18-20-22-24-29-33-41-38(36-40-34-37-30-26-25-27-31-37)35-39-32-28-23-21-19-17-15-13-11-9-7-5-3-1/h25-27,30-31,38H,5-24,28-29,32-36H2. The minimum absolute atomic E-state index is 0.0192. The molecule has 1 aromatic rings. The molecular formula is C38H60O3. The molecule has 1 aliphatic rings. The van der Waals surface area contributed by atoms with Crippen molar-refractivity contribution in [3.63, 3.8) is 0 Å². The van der Waals surface area contributed by atoms with Gasteiger partial charge in [0, 0.05) is 26.1 Å². The van der Waals surface area contributed by atoms with Crippen molar-refractivity contribution >= 4 is 0 Å². The number of benzene rings is 1. The summed E-state index contributed by atoms with van der Waals surface area (Å²) in [6, 6.07) is 10.4. The molecular weight excluding hydrogens is 504 g/mol. The van der Waals surface area contributed by atoms with Crippen LogP contribution in [-0.2, 0) is 20.8 Å². The zero-order valence-electron chi connectivity index (χ0n) is 26.3. The van der Waals surface area contributed by atoms with Crippen molar-refractivity contribution in [1.82, 2.24) is 0 Å². The van der Waals surface area contributed by atoms with Gasteiger partial charge >= 0.3 is 0 Å². The SMILES string of the molecule is C1#CCCCCCCCCCCCCOCC(COCc2ccccc2)OCCCCCCCCCCCCC#C1. The highest BCUT2D eigenvalue weighted by Crippen LogP contribution is 2.13. The van der Waals surface area contributed by atoms with Crippen LogP contribution in [0.4, 0.5) is 0 Å². The number of rotatable bonds is 4. The Balaban J connectivity index is 1.65. The molecule has 0 saturated carbocycles. The number of hydrogen-bond acceptors (Lipinski definition) is 3. The van der Waals surface area contributed by atoms with Crippen molar-refractivity contribution in [2.45, 2.75) is 154 Å². The first kappa shape index (κ1) is 35.4. The number of hydrogen-bond donors (Lipinski definition) is 0. The van der Waals surface area contributed by atoms with E-state index < -0.39 is 0 Å². The summed E-state index contributed by atoms with van der Waals surface area (Å²) < 4.78 is 18.3. The van der Waals surface area contributed by atoms with Gasteiger partial charge in [-0.2, -0.15) is 0 Å². The smallest absolute Gasteiger partial charge is 0.104 e. The van der Waals surface area contributed by atoms with Crippen LogP contribution in [0.15, 0.2) is 30.3 Å². The highest BCUT2D eigenvalue weighted by atomic mass is 16.6. The Morgan fingerprint density at radius 3 is 1.56 bits per heavy atom. The lowest BCUT2D eigenvalue weighted by Crippen LogP contribution is -2.26. The summed E-state index contributed by atoms with van der Waals surface area (Å²) in [7, 11) is 0. The van der Waals surface area contributed by atoms with Crippen molar-refractivity contribution in [1.29, 1.82) is 0 Å². The summed E-state index contributed by atoms with van der Waals surface area (Å²) in [5.41, 5.74) is 1.20. The van der Waals surface area contributed by atoms with Crippen molar-refractivity contribution in [2.24, 2.45) is 0 Å². The molecule has 1 unspecified atom stereocenters. The number of ether oxygens (including phenoxy) is 3. The average molecular weight is 565 g/mol. The zero-order chi connectivity index (χ0) is 28.7. The van der Waals surface area contributed by atoms with Gasteiger partial charge in [-0.15, -0.1) is 0 Å². The van der Waals surface area contributed by atoms with E-state index in [9.17, 15) is 0 Å². The molecule has 0 radical (unpaired) electrons. The molecule has 1 atom stereocenters. The zero-order valence-corrected chi connectivity index (χ0v) is 26.3. The Morgan fingerprint density at radius 1 is 0.561 bits per heavy atom. The summed E-state index contributed by atoms with van der Waals surface area (Å²) in [5.74, 6) is 12.6. The Labute approximate surface area is 253 Å². The molecule has 3 heteroatoms. The van der Waals surface area contributed by atoms with Crippen LogP contribution < -0.4 is 0 Å². The van der Waals surface area contributed by atoms with Crippen LogP contribution in [0, 0.1) is 23.7 Å². The van der Waals surface area contributed by atoms with Gasteiger partial charge in [-0.3, -0.25) is 0 Å². The Morgan fingerprint density at radius 2 is 1.02 bits per heavy atom. The van der Waals surface area contributed by atoms with Gasteiger partial charge < -0.3 is 14.2 Å². The van der Waals surface area contributed by atoms with Crippen molar-refractivity contribution in [2.75, 3.05) is 26.4 Å². The van der Waals surface area contributed by atoms with Gasteiger partial charge in [0.25, 0.3) is 0 Å². The summed E-state index contributed by atoms with van der Waals surface area (Å²) >= 11 is 0. The van der Waals surface area contributed by atoms with Gasteiger partial charge in [-0.25, -0.2) is 0 Å². The van der Waals surface area contributed by atoms with E-state index in [1.54, 1.807) is 0 Å². The topological polar surface area (TPSA) is 27.7 Å². The monoisotopic (exact) mass is 564 g/mol. The van der Waals surface area contributed by atoms with E-state index in [0.29, 0.717) is 19.8 Å².